The summed E-state index contributed by atoms with van der Waals surface area (Å²) in [5.41, 5.74) is 1.21. The minimum Gasteiger partial charge on any atom is -0.478 e. The second-order valence-electron chi connectivity index (χ2n) is 5.89. The summed E-state index contributed by atoms with van der Waals surface area (Å²) in [6.45, 7) is 4.74. The molecule has 1 aliphatic rings. The molecule has 0 aliphatic carbocycles. The summed E-state index contributed by atoms with van der Waals surface area (Å²) < 4.78 is 18.2. The lowest BCUT2D eigenvalue weighted by Crippen LogP contribution is -2.26. The van der Waals surface area contributed by atoms with Crippen LogP contribution in [0.4, 0.5) is 0 Å². The molecule has 1 aliphatic heterocycles. The Labute approximate surface area is 113 Å². The third-order valence-corrected chi connectivity index (χ3v) is 5.80. The standard InChI is InChI=1S/C14H19O4P/c1-14(2)7-8-19(17,18-10-14)9-11-3-5-12(6-4-11)13(15)16/h3-6H,7-10H2,1-2H3,(H,15,16). The Bertz CT molecular complexity index is 505. The van der Waals surface area contributed by atoms with Crippen molar-refractivity contribution < 1.29 is 19.0 Å². The van der Waals surface area contributed by atoms with E-state index in [1.54, 1.807) is 12.1 Å². The van der Waals surface area contributed by atoms with Crippen LogP contribution in [0, 0.1) is 5.41 Å². The molecule has 1 N–H and O–H groups in total. The second kappa shape index (κ2) is 5.10. The highest BCUT2D eigenvalue weighted by atomic mass is 31.2. The predicted molar refractivity (Wildman–Crippen MR) is 73.9 cm³/mol. The van der Waals surface area contributed by atoms with Crippen LogP contribution in [0.25, 0.3) is 0 Å². The Morgan fingerprint density at radius 3 is 2.47 bits per heavy atom. The summed E-state index contributed by atoms with van der Waals surface area (Å²) in [6.07, 6.45) is 1.89. The van der Waals surface area contributed by atoms with E-state index in [2.05, 4.69) is 13.8 Å². The van der Waals surface area contributed by atoms with Crippen molar-refractivity contribution in [1.82, 2.24) is 0 Å². The molecule has 5 heteroatoms. The minimum absolute atomic E-state index is 0.0983. The predicted octanol–water partition coefficient (Wildman–Crippen LogP) is 3.61. The number of carboxylic acid groups (broad SMARTS) is 1. The van der Waals surface area contributed by atoms with Crippen LogP contribution in [-0.2, 0) is 15.3 Å². The monoisotopic (exact) mass is 282 g/mol. The molecule has 19 heavy (non-hydrogen) atoms. The normalized spacial score (nSPS) is 26.0. The molecule has 1 unspecified atom stereocenters. The zero-order valence-electron chi connectivity index (χ0n) is 11.3. The van der Waals surface area contributed by atoms with Gasteiger partial charge in [-0.2, -0.15) is 0 Å². The Kier molecular flexibility index (Phi) is 3.84. The SMILES string of the molecule is CC1(C)CCP(=O)(Cc2ccc(C(=O)O)cc2)OC1. The molecule has 1 heterocycles. The summed E-state index contributed by atoms with van der Waals surface area (Å²) in [6, 6.07) is 6.51. The van der Waals surface area contributed by atoms with E-state index in [4.69, 9.17) is 9.63 Å². The van der Waals surface area contributed by atoms with E-state index in [1.807, 2.05) is 0 Å². The van der Waals surface area contributed by atoms with Crippen LogP contribution >= 0.6 is 7.37 Å². The lowest BCUT2D eigenvalue weighted by Gasteiger charge is -2.34. The van der Waals surface area contributed by atoms with E-state index < -0.39 is 13.3 Å². The summed E-state index contributed by atoms with van der Waals surface area (Å²) in [7, 11) is -2.60. The molecule has 0 amide bonds. The zero-order chi connectivity index (χ0) is 14.1. The van der Waals surface area contributed by atoms with Gasteiger partial charge in [-0.05, 0) is 29.5 Å². The van der Waals surface area contributed by atoms with Gasteiger partial charge in [0.1, 0.15) is 0 Å². The molecule has 0 aromatic heterocycles. The van der Waals surface area contributed by atoms with E-state index in [1.165, 1.54) is 12.1 Å². The quantitative estimate of drug-likeness (QED) is 0.860. The minimum atomic E-state index is -2.60. The van der Waals surface area contributed by atoms with Crippen LogP contribution in [0.3, 0.4) is 0 Å². The number of hydrogen-bond acceptors (Lipinski definition) is 3. The molecule has 0 saturated carbocycles. The van der Waals surface area contributed by atoms with Crippen molar-refractivity contribution in [2.24, 2.45) is 5.41 Å². The third kappa shape index (κ3) is 3.68. The molecule has 0 radical (unpaired) electrons. The van der Waals surface area contributed by atoms with Crippen LogP contribution in [0.5, 0.6) is 0 Å². The first kappa shape index (κ1) is 14.3. The van der Waals surface area contributed by atoms with Crippen molar-refractivity contribution in [1.29, 1.82) is 0 Å². The van der Waals surface area contributed by atoms with Gasteiger partial charge in [0, 0.05) is 12.3 Å². The van der Waals surface area contributed by atoms with Crippen molar-refractivity contribution in [3.63, 3.8) is 0 Å². The van der Waals surface area contributed by atoms with Gasteiger partial charge in [-0.3, -0.25) is 4.57 Å². The van der Waals surface area contributed by atoms with E-state index >= 15 is 0 Å². The van der Waals surface area contributed by atoms with Gasteiger partial charge in [0.15, 0.2) is 0 Å². The average molecular weight is 282 g/mol. The number of carbonyl (C=O) groups is 1. The topological polar surface area (TPSA) is 63.6 Å². The number of carboxylic acids is 1. The van der Waals surface area contributed by atoms with Crippen LogP contribution in [0.2, 0.25) is 0 Å². The van der Waals surface area contributed by atoms with Crippen LogP contribution in [0.15, 0.2) is 24.3 Å². The first-order valence-corrected chi connectivity index (χ1v) is 8.34. The molecular weight excluding hydrogens is 263 g/mol. The van der Waals surface area contributed by atoms with Crippen molar-refractivity contribution in [2.75, 3.05) is 12.8 Å². The molecule has 1 aromatic carbocycles. The van der Waals surface area contributed by atoms with Crippen molar-refractivity contribution in [2.45, 2.75) is 26.4 Å². The highest BCUT2D eigenvalue weighted by Crippen LogP contribution is 2.56. The molecular formula is C14H19O4P. The number of rotatable bonds is 3. The molecule has 104 valence electrons. The maximum atomic E-state index is 12.6. The van der Waals surface area contributed by atoms with E-state index in [0.29, 0.717) is 18.9 Å². The second-order valence-corrected chi connectivity index (χ2v) is 8.54. The van der Waals surface area contributed by atoms with Gasteiger partial charge in [0.2, 0.25) is 7.37 Å². The van der Waals surface area contributed by atoms with Crippen LogP contribution in [-0.4, -0.2) is 23.8 Å². The van der Waals surface area contributed by atoms with Gasteiger partial charge in [0.25, 0.3) is 0 Å². The Balaban J connectivity index is 2.05. The first-order valence-electron chi connectivity index (χ1n) is 6.35. The molecule has 4 nitrogen and oxygen atoms in total. The maximum Gasteiger partial charge on any atom is 0.335 e. The Morgan fingerprint density at radius 2 is 2.00 bits per heavy atom. The lowest BCUT2D eigenvalue weighted by atomic mass is 9.92. The molecule has 1 atom stereocenters. The highest BCUT2D eigenvalue weighted by molar-refractivity contribution is 7.58. The summed E-state index contributed by atoms with van der Waals surface area (Å²) in [4.78, 5) is 10.8. The van der Waals surface area contributed by atoms with E-state index in [0.717, 1.165) is 12.0 Å². The smallest absolute Gasteiger partial charge is 0.335 e. The van der Waals surface area contributed by atoms with Gasteiger partial charge in [-0.25, -0.2) is 4.79 Å². The van der Waals surface area contributed by atoms with Crippen LogP contribution in [0.1, 0.15) is 36.2 Å². The summed E-state index contributed by atoms with van der Waals surface area (Å²) >= 11 is 0. The fourth-order valence-corrected chi connectivity index (χ4v) is 4.73. The molecule has 1 fully saturated rings. The van der Waals surface area contributed by atoms with E-state index in [-0.39, 0.29) is 11.0 Å². The molecule has 1 saturated heterocycles. The zero-order valence-corrected chi connectivity index (χ0v) is 12.2. The van der Waals surface area contributed by atoms with Crippen LogP contribution < -0.4 is 0 Å². The maximum absolute atomic E-state index is 12.6. The number of hydrogen-bond donors (Lipinski definition) is 1. The third-order valence-electron chi connectivity index (χ3n) is 3.44. The fourth-order valence-electron chi connectivity index (χ4n) is 2.06. The van der Waals surface area contributed by atoms with Crippen molar-refractivity contribution >= 4 is 13.3 Å². The Morgan fingerprint density at radius 1 is 1.37 bits per heavy atom. The lowest BCUT2D eigenvalue weighted by molar-refractivity contribution is 0.0697. The summed E-state index contributed by atoms with van der Waals surface area (Å²) in [5.74, 6) is -0.950. The van der Waals surface area contributed by atoms with Gasteiger partial charge in [-0.1, -0.05) is 26.0 Å². The number of benzene rings is 1. The van der Waals surface area contributed by atoms with Gasteiger partial charge >= 0.3 is 5.97 Å². The molecule has 0 bridgehead atoms. The van der Waals surface area contributed by atoms with Crippen molar-refractivity contribution in [3.05, 3.63) is 35.4 Å². The first-order chi connectivity index (χ1) is 8.80. The average Bonchev–Trinajstić information content (AvgIpc) is 2.34. The fraction of sp³-hybridized carbons (Fsp3) is 0.500. The van der Waals surface area contributed by atoms with Crippen molar-refractivity contribution in [3.8, 4) is 0 Å². The van der Waals surface area contributed by atoms with E-state index in [9.17, 15) is 9.36 Å². The van der Waals surface area contributed by atoms with Gasteiger partial charge < -0.3 is 9.63 Å². The summed E-state index contributed by atoms with van der Waals surface area (Å²) in [5, 5.41) is 8.83. The molecule has 2 rings (SSSR count). The largest absolute Gasteiger partial charge is 0.478 e. The number of aromatic carboxylic acids is 1. The van der Waals surface area contributed by atoms with Gasteiger partial charge in [-0.15, -0.1) is 0 Å². The Hall–Kier alpha value is -1.12. The highest BCUT2D eigenvalue weighted by Gasteiger charge is 2.35. The molecule has 0 spiro atoms. The molecule has 1 aromatic rings. The van der Waals surface area contributed by atoms with Gasteiger partial charge in [0.05, 0.1) is 12.2 Å².